The lowest BCUT2D eigenvalue weighted by molar-refractivity contribution is -0.249. The first-order chi connectivity index (χ1) is 11.1. The summed E-state index contributed by atoms with van der Waals surface area (Å²) in [6, 6.07) is 5.68. The van der Waals surface area contributed by atoms with E-state index in [1.54, 1.807) is 12.4 Å². The van der Waals surface area contributed by atoms with Crippen molar-refractivity contribution in [2.75, 3.05) is 14.2 Å². The SMILES string of the molecule is COC(=O)C12CC(C(=O)OC)(C1)C2c1ccc2nccnc2c1. The lowest BCUT2D eigenvalue weighted by Gasteiger charge is -2.72. The van der Waals surface area contributed by atoms with Crippen LogP contribution in [0.5, 0.6) is 0 Å². The molecule has 2 aromatic rings. The lowest BCUT2D eigenvalue weighted by atomic mass is 9.28. The Labute approximate surface area is 132 Å². The number of benzene rings is 1. The topological polar surface area (TPSA) is 78.4 Å². The number of ether oxygens (including phenoxy) is 2. The molecule has 2 bridgehead atoms. The van der Waals surface area contributed by atoms with Gasteiger partial charge in [-0.25, -0.2) is 0 Å². The van der Waals surface area contributed by atoms with Crippen LogP contribution in [0.3, 0.4) is 0 Å². The van der Waals surface area contributed by atoms with Crippen LogP contribution in [0.15, 0.2) is 30.6 Å². The Morgan fingerprint density at radius 1 is 1.00 bits per heavy atom. The summed E-state index contributed by atoms with van der Waals surface area (Å²) in [7, 11) is 2.77. The van der Waals surface area contributed by atoms with Crippen molar-refractivity contribution in [3.8, 4) is 0 Å². The van der Waals surface area contributed by atoms with Gasteiger partial charge in [-0.05, 0) is 30.5 Å². The standard InChI is InChI=1S/C17H16N2O4/c1-22-14(20)16-8-17(9-16,15(21)23-2)13(16)10-3-4-11-12(7-10)19-6-5-18-11/h3-7,13H,8-9H2,1-2H3. The summed E-state index contributed by atoms with van der Waals surface area (Å²) in [5.41, 5.74) is 1.21. The molecule has 1 aromatic carbocycles. The molecule has 0 atom stereocenters. The smallest absolute Gasteiger partial charge is 0.312 e. The highest BCUT2D eigenvalue weighted by Gasteiger charge is 2.83. The van der Waals surface area contributed by atoms with Gasteiger partial charge in [0.1, 0.15) is 0 Å². The minimum absolute atomic E-state index is 0.221. The first kappa shape index (κ1) is 14.1. The highest BCUT2D eigenvalue weighted by atomic mass is 16.5. The zero-order valence-corrected chi connectivity index (χ0v) is 12.9. The van der Waals surface area contributed by atoms with Gasteiger partial charge < -0.3 is 9.47 Å². The lowest BCUT2D eigenvalue weighted by Crippen LogP contribution is -2.74. The quantitative estimate of drug-likeness (QED) is 0.805. The molecule has 0 aliphatic heterocycles. The molecule has 3 fully saturated rings. The summed E-state index contributed by atoms with van der Waals surface area (Å²) in [5.74, 6) is -0.735. The molecule has 23 heavy (non-hydrogen) atoms. The van der Waals surface area contributed by atoms with Crippen LogP contribution in [0.4, 0.5) is 0 Å². The second-order valence-corrected chi connectivity index (χ2v) is 6.39. The second-order valence-electron chi connectivity index (χ2n) is 6.39. The van der Waals surface area contributed by atoms with Crippen molar-refractivity contribution in [2.45, 2.75) is 18.8 Å². The van der Waals surface area contributed by atoms with Gasteiger partial charge in [0.05, 0.1) is 36.1 Å². The van der Waals surface area contributed by atoms with E-state index >= 15 is 0 Å². The van der Waals surface area contributed by atoms with Crippen LogP contribution in [-0.4, -0.2) is 36.1 Å². The molecule has 3 aliphatic rings. The molecule has 0 unspecified atom stereocenters. The molecule has 6 heteroatoms. The van der Waals surface area contributed by atoms with Gasteiger partial charge in [0.2, 0.25) is 0 Å². The van der Waals surface area contributed by atoms with Crippen molar-refractivity contribution in [3.05, 3.63) is 36.2 Å². The molecular formula is C17H16N2O4. The Bertz CT molecular complexity index is 798. The number of carbonyl (C=O) groups is 2. The Morgan fingerprint density at radius 3 is 2.13 bits per heavy atom. The summed E-state index contributed by atoms with van der Waals surface area (Å²) in [6.07, 6.45) is 4.24. The van der Waals surface area contributed by atoms with E-state index in [4.69, 9.17) is 9.47 Å². The number of nitrogens with zero attached hydrogens (tertiary/aromatic N) is 2. The van der Waals surface area contributed by atoms with E-state index in [9.17, 15) is 9.59 Å². The maximum atomic E-state index is 12.3. The van der Waals surface area contributed by atoms with E-state index in [0.29, 0.717) is 12.8 Å². The van der Waals surface area contributed by atoms with Crippen molar-refractivity contribution in [1.29, 1.82) is 0 Å². The van der Waals surface area contributed by atoms with Gasteiger partial charge in [0.15, 0.2) is 0 Å². The van der Waals surface area contributed by atoms with Crippen molar-refractivity contribution in [1.82, 2.24) is 9.97 Å². The van der Waals surface area contributed by atoms with Crippen LogP contribution < -0.4 is 0 Å². The van der Waals surface area contributed by atoms with E-state index in [1.807, 2.05) is 18.2 Å². The predicted molar refractivity (Wildman–Crippen MR) is 80.4 cm³/mol. The minimum Gasteiger partial charge on any atom is -0.469 e. The van der Waals surface area contributed by atoms with Crippen molar-refractivity contribution in [3.63, 3.8) is 0 Å². The molecule has 1 aromatic heterocycles. The third-order valence-electron chi connectivity index (χ3n) is 5.38. The van der Waals surface area contributed by atoms with Gasteiger partial charge in [-0.15, -0.1) is 0 Å². The minimum atomic E-state index is -0.612. The van der Waals surface area contributed by atoms with Crippen LogP contribution in [-0.2, 0) is 19.1 Å². The summed E-state index contributed by atoms with van der Waals surface area (Å²) in [4.78, 5) is 33.1. The summed E-state index contributed by atoms with van der Waals surface area (Å²) >= 11 is 0. The number of hydrogen-bond donors (Lipinski definition) is 0. The molecule has 0 amide bonds. The van der Waals surface area contributed by atoms with Crippen molar-refractivity contribution in [2.24, 2.45) is 10.8 Å². The summed E-state index contributed by atoms with van der Waals surface area (Å²) in [6.45, 7) is 0. The predicted octanol–water partition coefficient (Wildman–Crippen LogP) is 1.84. The average Bonchev–Trinajstić information content (AvgIpc) is 2.52. The zero-order valence-electron chi connectivity index (χ0n) is 12.9. The fourth-order valence-corrected chi connectivity index (χ4v) is 4.48. The molecule has 0 radical (unpaired) electrons. The number of fused-ring (bicyclic) bond motifs is 1. The monoisotopic (exact) mass is 312 g/mol. The fourth-order valence-electron chi connectivity index (χ4n) is 4.48. The second kappa shape index (κ2) is 4.50. The zero-order chi connectivity index (χ0) is 16.2. The van der Waals surface area contributed by atoms with Crippen LogP contribution in [0.25, 0.3) is 11.0 Å². The van der Waals surface area contributed by atoms with Gasteiger partial charge in [-0.1, -0.05) is 6.07 Å². The van der Waals surface area contributed by atoms with Crippen molar-refractivity contribution < 1.29 is 19.1 Å². The van der Waals surface area contributed by atoms with Gasteiger partial charge in [-0.3, -0.25) is 19.6 Å². The molecule has 1 heterocycles. The third kappa shape index (κ3) is 1.58. The van der Waals surface area contributed by atoms with Crippen LogP contribution in [0.2, 0.25) is 0 Å². The van der Waals surface area contributed by atoms with Crippen LogP contribution in [0.1, 0.15) is 24.3 Å². The molecular weight excluding hydrogens is 296 g/mol. The Kier molecular flexibility index (Phi) is 2.76. The Balaban J connectivity index is 1.79. The van der Waals surface area contributed by atoms with Crippen molar-refractivity contribution >= 4 is 23.0 Å². The number of hydrogen-bond acceptors (Lipinski definition) is 6. The van der Waals surface area contributed by atoms with E-state index in [0.717, 1.165) is 16.6 Å². The molecule has 118 valence electrons. The van der Waals surface area contributed by atoms with Crippen LogP contribution in [0, 0.1) is 10.8 Å². The van der Waals surface area contributed by atoms with Gasteiger partial charge >= 0.3 is 11.9 Å². The highest BCUT2D eigenvalue weighted by Crippen LogP contribution is 2.81. The largest absolute Gasteiger partial charge is 0.469 e. The van der Waals surface area contributed by atoms with E-state index < -0.39 is 10.8 Å². The molecule has 0 spiro atoms. The highest BCUT2D eigenvalue weighted by molar-refractivity contribution is 5.94. The number of methoxy groups -OCH3 is 2. The molecule has 0 saturated heterocycles. The fraction of sp³-hybridized carbons (Fsp3) is 0.412. The number of esters is 2. The maximum Gasteiger partial charge on any atom is 0.312 e. The first-order valence-electron chi connectivity index (χ1n) is 7.45. The van der Waals surface area contributed by atoms with E-state index in [1.165, 1.54) is 14.2 Å². The molecule has 0 N–H and O–H groups in total. The van der Waals surface area contributed by atoms with Gasteiger partial charge in [-0.2, -0.15) is 0 Å². The molecule has 3 saturated carbocycles. The van der Waals surface area contributed by atoms with Crippen LogP contribution >= 0.6 is 0 Å². The molecule has 5 rings (SSSR count). The summed E-state index contributed by atoms with van der Waals surface area (Å²) in [5, 5.41) is 0. The average molecular weight is 312 g/mol. The maximum absolute atomic E-state index is 12.3. The Morgan fingerprint density at radius 2 is 1.57 bits per heavy atom. The number of rotatable bonds is 3. The molecule has 3 aliphatic carbocycles. The van der Waals surface area contributed by atoms with E-state index in [-0.39, 0.29) is 17.9 Å². The number of carbonyl (C=O) groups excluding carboxylic acids is 2. The number of aromatic nitrogens is 2. The van der Waals surface area contributed by atoms with E-state index in [2.05, 4.69) is 9.97 Å². The molecule has 6 nitrogen and oxygen atoms in total. The van der Waals surface area contributed by atoms with Gasteiger partial charge in [0.25, 0.3) is 0 Å². The Hall–Kier alpha value is -2.50. The first-order valence-corrected chi connectivity index (χ1v) is 7.45. The normalized spacial score (nSPS) is 31.0. The third-order valence-corrected chi connectivity index (χ3v) is 5.38. The summed E-state index contributed by atoms with van der Waals surface area (Å²) < 4.78 is 9.95. The van der Waals surface area contributed by atoms with Gasteiger partial charge in [0, 0.05) is 18.3 Å².